The fourth-order valence-electron chi connectivity index (χ4n) is 1.59. The SMILES string of the molecule is CCCCCNC(C)c1cccc(Br)c1. The van der Waals surface area contributed by atoms with Gasteiger partial charge in [0.05, 0.1) is 0 Å². The van der Waals surface area contributed by atoms with Crippen molar-refractivity contribution in [2.24, 2.45) is 0 Å². The summed E-state index contributed by atoms with van der Waals surface area (Å²) >= 11 is 3.50. The molecular weight excluding hydrogens is 250 g/mol. The number of nitrogens with one attached hydrogen (secondary N) is 1. The van der Waals surface area contributed by atoms with Gasteiger partial charge in [-0.2, -0.15) is 0 Å². The molecule has 2 heteroatoms. The van der Waals surface area contributed by atoms with E-state index in [1.165, 1.54) is 24.8 Å². The topological polar surface area (TPSA) is 12.0 Å². The molecule has 0 aliphatic rings. The molecule has 0 fully saturated rings. The highest BCUT2D eigenvalue weighted by Gasteiger charge is 2.03. The minimum atomic E-state index is 0.444. The maximum absolute atomic E-state index is 3.54. The van der Waals surface area contributed by atoms with E-state index in [1.54, 1.807) is 0 Å². The van der Waals surface area contributed by atoms with E-state index in [2.05, 4.69) is 59.4 Å². The van der Waals surface area contributed by atoms with Gasteiger partial charge in [-0.05, 0) is 37.6 Å². The Morgan fingerprint density at radius 3 is 2.80 bits per heavy atom. The van der Waals surface area contributed by atoms with Crippen molar-refractivity contribution in [3.05, 3.63) is 34.3 Å². The van der Waals surface area contributed by atoms with Gasteiger partial charge in [0.25, 0.3) is 0 Å². The summed E-state index contributed by atoms with van der Waals surface area (Å²) in [5.74, 6) is 0. The van der Waals surface area contributed by atoms with Crippen LogP contribution in [0.3, 0.4) is 0 Å². The van der Waals surface area contributed by atoms with Crippen LogP contribution in [0.1, 0.15) is 44.7 Å². The highest BCUT2D eigenvalue weighted by molar-refractivity contribution is 9.10. The van der Waals surface area contributed by atoms with Crippen LogP contribution in [0.5, 0.6) is 0 Å². The van der Waals surface area contributed by atoms with Crippen molar-refractivity contribution in [3.8, 4) is 0 Å². The van der Waals surface area contributed by atoms with E-state index in [4.69, 9.17) is 0 Å². The Labute approximate surface area is 101 Å². The average Bonchev–Trinajstić information content (AvgIpc) is 2.24. The molecule has 0 aliphatic heterocycles. The molecule has 0 amide bonds. The zero-order chi connectivity index (χ0) is 11.1. The first-order valence-corrected chi connectivity index (χ1v) is 6.52. The van der Waals surface area contributed by atoms with Crippen molar-refractivity contribution >= 4 is 15.9 Å². The van der Waals surface area contributed by atoms with E-state index in [-0.39, 0.29) is 0 Å². The monoisotopic (exact) mass is 269 g/mol. The van der Waals surface area contributed by atoms with Gasteiger partial charge in [-0.15, -0.1) is 0 Å². The summed E-state index contributed by atoms with van der Waals surface area (Å²) in [6, 6.07) is 8.94. The van der Waals surface area contributed by atoms with E-state index in [0.29, 0.717) is 6.04 Å². The minimum absolute atomic E-state index is 0.444. The van der Waals surface area contributed by atoms with Crippen molar-refractivity contribution in [2.45, 2.75) is 39.2 Å². The first-order chi connectivity index (χ1) is 7.24. The maximum atomic E-state index is 3.54. The summed E-state index contributed by atoms with van der Waals surface area (Å²) in [5, 5.41) is 3.54. The lowest BCUT2D eigenvalue weighted by Crippen LogP contribution is -2.19. The van der Waals surface area contributed by atoms with Gasteiger partial charge in [-0.3, -0.25) is 0 Å². The highest BCUT2D eigenvalue weighted by Crippen LogP contribution is 2.17. The van der Waals surface area contributed by atoms with Crippen molar-refractivity contribution in [1.82, 2.24) is 5.32 Å². The normalized spacial score (nSPS) is 12.7. The Kier molecular flexibility index (Phi) is 5.96. The molecule has 1 unspecified atom stereocenters. The molecule has 0 aliphatic carbocycles. The van der Waals surface area contributed by atoms with Crippen molar-refractivity contribution in [1.29, 1.82) is 0 Å². The van der Waals surface area contributed by atoms with Crippen LogP contribution >= 0.6 is 15.9 Å². The predicted molar refractivity (Wildman–Crippen MR) is 70.1 cm³/mol. The molecule has 0 aromatic heterocycles. The molecule has 84 valence electrons. The summed E-state index contributed by atoms with van der Waals surface area (Å²) < 4.78 is 1.15. The fourth-order valence-corrected chi connectivity index (χ4v) is 2.00. The van der Waals surface area contributed by atoms with Crippen LogP contribution in [0.4, 0.5) is 0 Å². The van der Waals surface area contributed by atoms with Crippen molar-refractivity contribution in [3.63, 3.8) is 0 Å². The molecule has 15 heavy (non-hydrogen) atoms. The number of hydrogen-bond acceptors (Lipinski definition) is 1. The van der Waals surface area contributed by atoms with Crippen molar-refractivity contribution < 1.29 is 0 Å². The number of benzene rings is 1. The molecule has 1 aromatic carbocycles. The number of unbranched alkanes of at least 4 members (excludes halogenated alkanes) is 2. The van der Waals surface area contributed by atoms with E-state index < -0.39 is 0 Å². The number of halogens is 1. The zero-order valence-electron chi connectivity index (χ0n) is 9.59. The highest BCUT2D eigenvalue weighted by atomic mass is 79.9. The predicted octanol–water partition coefficient (Wildman–Crippen LogP) is 4.29. The summed E-state index contributed by atoms with van der Waals surface area (Å²) in [6.45, 7) is 5.56. The first kappa shape index (κ1) is 12.7. The second-order valence-electron chi connectivity index (χ2n) is 3.94. The quantitative estimate of drug-likeness (QED) is 0.760. The second kappa shape index (κ2) is 7.02. The molecule has 0 radical (unpaired) electrons. The minimum Gasteiger partial charge on any atom is -0.310 e. The molecule has 0 bridgehead atoms. The fraction of sp³-hybridized carbons (Fsp3) is 0.538. The molecule has 1 rings (SSSR count). The third kappa shape index (κ3) is 4.80. The Balaban J connectivity index is 2.36. The number of rotatable bonds is 6. The molecule has 1 atom stereocenters. The Morgan fingerprint density at radius 2 is 2.13 bits per heavy atom. The van der Waals surface area contributed by atoms with E-state index >= 15 is 0 Å². The Hall–Kier alpha value is -0.340. The molecule has 0 spiro atoms. The second-order valence-corrected chi connectivity index (χ2v) is 4.85. The molecule has 0 saturated carbocycles. The molecular formula is C13H20BrN. The summed E-state index contributed by atoms with van der Waals surface area (Å²) in [5.41, 5.74) is 1.35. The van der Waals surface area contributed by atoms with E-state index in [1.807, 2.05) is 0 Å². The molecule has 1 N–H and O–H groups in total. The number of hydrogen-bond donors (Lipinski definition) is 1. The molecule has 1 nitrogen and oxygen atoms in total. The lowest BCUT2D eigenvalue weighted by Gasteiger charge is -2.14. The first-order valence-electron chi connectivity index (χ1n) is 5.73. The van der Waals surface area contributed by atoms with Crippen LogP contribution < -0.4 is 5.32 Å². The summed E-state index contributed by atoms with van der Waals surface area (Å²) in [7, 11) is 0. The maximum Gasteiger partial charge on any atom is 0.0292 e. The van der Waals surface area contributed by atoms with Crippen LogP contribution in [0.2, 0.25) is 0 Å². The van der Waals surface area contributed by atoms with Crippen LogP contribution in [-0.2, 0) is 0 Å². The third-order valence-corrected chi connectivity index (χ3v) is 3.07. The lowest BCUT2D eigenvalue weighted by atomic mass is 10.1. The zero-order valence-corrected chi connectivity index (χ0v) is 11.2. The van der Waals surface area contributed by atoms with Crippen LogP contribution in [0.25, 0.3) is 0 Å². The molecule has 0 heterocycles. The standard InChI is InChI=1S/C13H20BrN/c1-3-4-5-9-15-11(2)12-7-6-8-13(14)10-12/h6-8,10-11,15H,3-5,9H2,1-2H3. The molecule has 1 aromatic rings. The van der Waals surface area contributed by atoms with Crippen LogP contribution in [-0.4, -0.2) is 6.54 Å². The van der Waals surface area contributed by atoms with E-state index in [0.717, 1.165) is 11.0 Å². The average molecular weight is 270 g/mol. The Morgan fingerprint density at radius 1 is 1.33 bits per heavy atom. The largest absolute Gasteiger partial charge is 0.310 e. The third-order valence-electron chi connectivity index (χ3n) is 2.58. The summed E-state index contributed by atoms with van der Waals surface area (Å²) in [4.78, 5) is 0. The van der Waals surface area contributed by atoms with Gasteiger partial charge in [0, 0.05) is 10.5 Å². The Bertz CT molecular complexity index is 286. The van der Waals surface area contributed by atoms with Gasteiger partial charge >= 0.3 is 0 Å². The van der Waals surface area contributed by atoms with E-state index in [9.17, 15) is 0 Å². The smallest absolute Gasteiger partial charge is 0.0292 e. The van der Waals surface area contributed by atoms with Crippen LogP contribution in [0, 0.1) is 0 Å². The van der Waals surface area contributed by atoms with Crippen LogP contribution in [0.15, 0.2) is 28.7 Å². The van der Waals surface area contributed by atoms with Gasteiger partial charge in [-0.1, -0.05) is 47.8 Å². The van der Waals surface area contributed by atoms with Gasteiger partial charge in [0.2, 0.25) is 0 Å². The van der Waals surface area contributed by atoms with Crippen molar-refractivity contribution in [2.75, 3.05) is 6.54 Å². The van der Waals surface area contributed by atoms with Gasteiger partial charge < -0.3 is 5.32 Å². The molecule has 0 saturated heterocycles. The lowest BCUT2D eigenvalue weighted by molar-refractivity contribution is 0.544. The summed E-state index contributed by atoms with van der Waals surface area (Å²) in [6.07, 6.45) is 3.87. The van der Waals surface area contributed by atoms with Gasteiger partial charge in [0.1, 0.15) is 0 Å². The van der Waals surface area contributed by atoms with Gasteiger partial charge in [-0.25, -0.2) is 0 Å². The van der Waals surface area contributed by atoms with Gasteiger partial charge in [0.15, 0.2) is 0 Å².